The lowest BCUT2D eigenvalue weighted by molar-refractivity contribution is -0.697. The molecule has 3 heteroatoms. The van der Waals surface area contributed by atoms with Crippen molar-refractivity contribution in [1.29, 1.82) is 0 Å². The molecule has 0 unspecified atom stereocenters. The predicted octanol–water partition coefficient (Wildman–Crippen LogP) is 3.57. The van der Waals surface area contributed by atoms with Crippen LogP contribution in [0.1, 0.15) is 77.2 Å². The third-order valence-corrected chi connectivity index (χ3v) is 3.58. The van der Waals surface area contributed by atoms with Gasteiger partial charge in [0.05, 0.1) is 0 Å². The molecule has 22 heavy (non-hydrogen) atoms. The van der Waals surface area contributed by atoms with Gasteiger partial charge in [0.25, 0.3) is 0 Å². The van der Waals surface area contributed by atoms with Crippen LogP contribution in [0.3, 0.4) is 0 Å². The quantitative estimate of drug-likeness (QED) is 0.490. The Morgan fingerprint density at radius 2 is 1.36 bits per heavy atom. The van der Waals surface area contributed by atoms with Gasteiger partial charge in [0.15, 0.2) is 12.4 Å². The fraction of sp³-hybridized carbons (Fsp3) is 0.684. The number of hydrogen-bond donors (Lipinski definition) is 0. The summed E-state index contributed by atoms with van der Waals surface area (Å²) < 4.78 is 2.30. The van der Waals surface area contributed by atoms with Gasteiger partial charge in [0, 0.05) is 24.5 Å². The molecule has 0 spiro atoms. The Hall–Kier alpha value is -1.38. The van der Waals surface area contributed by atoms with Gasteiger partial charge >= 0.3 is 0 Å². The number of carboxylic acid groups (broad SMARTS) is 1. The molecule has 3 nitrogen and oxygen atoms in total. The van der Waals surface area contributed by atoms with Gasteiger partial charge in [-0.15, -0.1) is 0 Å². The first-order chi connectivity index (χ1) is 10.6. The average Bonchev–Trinajstić information content (AvgIpc) is 2.47. The monoisotopic (exact) mass is 307 g/mol. The normalized spacial score (nSPS) is 9.95. The summed E-state index contributed by atoms with van der Waals surface area (Å²) in [6, 6.07) is 4.38. The molecular weight excluding hydrogens is 274 g/mol. The molecule has 0 aliphatic heterocycles. The summed E-state index contributed by atoms with van der Waals surface area (Å²) in [4.78, 5) is 8.89. The molecule has 0 amide bonds. The number of carboxylic acids is 1. The molecule has 0 saturated carbocycles. The highest BCUT2D eigenvalue weighted by Crippen LogP contribution is 2.09. The molecule has 0 bridgehead atoms. The Morgan fingerprint density at radius 3 is 1.82 bits per heavy atom. The van der Waals surface area contributed by atoms with Gasteiger partial charge in [0.1, 0.15) is 6.54 Å². The largest absolute Gasteiger partial charge is 0.550 e. The number of carbonyl (C=O) groups excluding carboxylic acids is 1. The summed E-state index contributed by atoms with van der Waals surface area (Å²) in [6.07, 6.45) is 17.0. The van der Waals surface area contributed by atoms with Crippen LogP contribution in [0, 0.1) is 6.92 Å². The van der Waals surface area contributed by atoms with E-state index in [0.29, 0.717) is 0 Å². The predicted molar refractivity (Wildman–Crippen MR) is 89.3 cm³/mol. The minimum atomic E-state index is -1.08. The maximum absolute atomic E-state index is 8.89. The van der Waals surface area contributed by atoms with E-state index < -0.39 is 5.97 Å². The Kier molecular flexibility index (Phi) is 13.6. The summed E-state index contributed by atoms with van der Waals surface area (Å²) in [5.41, 5.74) is 1.35. The van der Waals surface area contributed by atoms with Crippen LogP contribution >= 0.6 is 0 Å². The smallest absolute Gasteiger partial charge is 0.169 e. The van der Waals surface area contributed by atoms with Gasteiger partial charge in [0.2, 0.25) is 0 Å². The number of aliphatic carboxylic acids is 1. The highest BCUT2D eigenvalue weighted by Gasteiger charge is 1.99. The second-order valence-corrected chi connectivity index (χ2v) is 5.93. The molecule has 1 aromatic rings. The van der Waals surface area contributed by atoms with E-state index in [1.54, 1.807) is 0 Å². The Bertz CT molecular complexity index is 370. The molecule has 0 saturated heterocycles. The van der Waals surface area contributed by atoms with Crippen molar-refractivity contribution in [2.24, 2.45) is 0 Å². The van der Waals surface area contributed by atoms with Crippen molar-refractivity contribution in [2.45, 2.75) is 85.1 Å². The molecule has 0 N–H and O–H groups in total. The lowest BCUT2D eigenvalue weighted by Crippen LogP contribution is -2.32. The van der Waals surface area contributed by atoms with Crippen molar-refractivity contribution in [3.63, 3.8) is 0 Å². The summed E-state index contributed by atoms with van der Waals surface area (Å²) >= 11 is 0. The summed E-state index contributed by atoms with van der Waals surface area (Å²) in [5.74, 6) is -1.08. The fourth-order valence-corrected chi connectivity index (χ4v) is 2.29. The molecule has 0 aliphatic carbocycles. The van der Waals surface area contributed by atoms with E-state index in [2.05, 4.69) is 42.9 Å². The highest BCUT2D eigenvalue weighted by atomic mass is 16.4. The van der Waals surface area contributed by atoms with E-state index in [4.69, 9.17) is 9.90 Å². The first-order valence-electron chi connectivity index (χ1n) is 8.69. The van der Waals surface area contributed by atoms with E-state index in [0.717, 1.165) is 6.92 Å². The molecule has 1 aromatic heterocycles. The number of hydrogen-bond acceptors (Lipinski definition) is 2. The number of pyridine rings is 1. The van der Waals surface area contributed by atoms with Gasteiger partial charge in [-0.3, -0.25) is 0 Å². The van der Waals surface area contributed by atoms with E-state index in [1.807, 2.05) is 0 Å². The molecule has 0 radical (unpaired) electrons. The zero-order valence-electron chi connectivity index (χ0n) is 14.6. The van der Waals surface area contributed by atoms with Crippen LogP contribution in [0.15, 0.2) is 24.5 Å². The highest BCUT2D eigenvalue weighted by molar-refractivity contribution is 5.60. The third-order valence-electron chi connectivity index (χ3n) is 3.58. The first-order valence-corrected chi connectivity index (χ1v) is 8.69. The average molecular weight is 307 g/mol. The molecular formula is C19H33NO2. The minimum Gasteiger partial charge on any atom is -0.550 e. The summed E-state index contributed by atoms with van der Waals surface area (Å²) in [5, 5.41) is 8.89. The third kappa shape index (κ3) is 15.0. The SMILES string of the molecule is CC(=O)[O-].CCCCCCCCCCC[n+]1ccc(C)cc1. The fourth-order valence-electron chi connectivity index (χ4n) is 2.29. The maximum Gasteiger partial charge on any atom is 0.169 e. The topological polar surface area (TPSA) is 44.0 Å². The number of aryl methyl sites for hydroxylation is 2. The number of aromatic nitrogens is 1. The van der Waals surface area contributed by atoms with Gasteiger partial charge in [-0.2, -0.15) is 0 Å². The van der Waals surface area contributed by atoms with Crippen LogP contribution in [0.2, 0.25) is 0 Å². The second-order valence-electron chi connectivity index (χ2n) is 5.93. The van der Waals surface area contributed by atoms with Gasteiger partial charge < -0.3 is 9.90 Å². The molecule has 0 fully saturated rings. The Balaban J connectivity index is 0.000000980. The standard InChI is InChI=1S/C17H30N.C2H4O2/c1-3-4-5-6-7-8-9-10-11-14-18-15-12-17(2)13-16-18;1-2(3)4/h12-13,15-16H,3-11,14H2,1-2H3;1H3,(H,3,4)/q+1;/p-1. The molecule has 126 valence electrons. The van der Waals surface area contributed by atoms with Crippen LogP contribution in [-0.2, 0) is 11.3 Å². The van der Waals surface area contributed by atoms with E-state index >= 15 is 0 Å². The van der Waals surface area contributed by atoms with E-state index in [9.17, 15) is 0 Å². The van der Waals surface area contributed by atoms with Crippen LogP contribution in [0.25, 0.3) is 0 Å². The maximum atomic E-state index is 8.89. The van der Waals surface area contributed by atoms with Crippen molar-refractivity contribution in [3.05, 3.63) is 30.1 Å². The van der Waals surface area contributed by atoms with Crippen molar-refractivity contribution < 1.29 is 14.5 Å². The number of carbonyl (C=O) groups is 1. The summed E-state index contributed by atoms with van der Waals surface area (Å²) in [6.45, 7) is 6.57. The van der Waals surface area contributed by atoms with E-state index in [-0.39, 0.29) is 0 Å². The molecule has 1 rings (SSSR count). The van der Waals surface area contributed by atoms with Crippen molar-refractivity contribution in [1.82, 2.24) is 0 Å². The van der Waals surface area contributed by atoms with Crippen molar-refractivity contribution in [2.75, 3.05) is 0 Å². The molecule has 1 heterocycles. The number of rotatable bonds is 10. The zero-order valence-corrected chi connectivity index (χ0v) is 14.6. The lowest BCUT2D eigenvalue weighted by Gasteiger charge is -2.01. The molecule has 0 atom stereocenters. The first kappa shape index (κ1) is 20.6. The Morgan fingerprint density at radius 1 is 0.955 bits per heavy atom. The number of nitrogens with zero attached hydrogens (tertiary/aromatic N) is 1. The van der Waals surface area contributed by atoms with Gasteiger partial charge in [-0.05, 0) is 25.8 Å². The molecule has 0 aliphatic rings. The number of unbranched alkanes of at least 4 members (excludes halogenated alkanes) is 8. The summed E-state index contributed by atoms with van der Waals surface area (Å²) in [7, 11) is 0. The second kappa shape index (κ2) is 14.6. The molecule has 0 aromatic carbocycles. The minimum absolute atomic E-state index is 0.972. The van der Waals surface area contributed by atoms with Crippen LogP contribution < -0.4 is 9.67 Å². The van der Waals surface area contributed by atoms with Gasteiger partial charge in [-0.25, -0.2) is 4.57 Å². The van der Waals surface area contributed by atoms with E-state index in [1.165, 1.54) is 69.9 Å². The lowest BCUT2D eigenvalue weighted by atomic mass is 10.1. The van der Waals surface area contributed by atoms with Crippen LogP contribution in [0.4, 0.5) is 0 Å². The van der Waals surface area contributed by atoms with Crippen molar-refractivity contribution >= 4 is 5.97 Å². The van der Waals surface area contributed by atoms with Gasteiger partial charge in [-0.1, -0.05) is 51.9 Å². The zero-order chi connectivity index (χ0) is 16.6. The van der Waals surface area contributed by atoms with Crippen LogP contribution in [0.5, 0.6) is 0 Å². The van der Waals surface area contributed by atoms with Crippen LogP contribution in [-0.4, -0.2) is 5.97 Å². The Labute approximate surface area is 136 Å². The van der Waals surface area contributed by atoms with Crippen molar-refractivity contribution in [3.8, 4) is 0 Å².